The second-order valence-corrected chi connectivity index (χ2v) is 4.88. The van der Waals surface area contributed by atoms with Crippen LogP contribution < -0.4 is 5.32 Å². The third kappa shape index (κ3) is 2.28. The van der Waals surface area contributed by atoms with Gasteiger partial charge in [0.15, 0.2) is 0 Å². The summed E-state index contributed by atoms with van der Waals surface area (Å²) in [5.74, 6) is 0.706. The molecule has 1 N–H and O–H groups in total. The minimum Gasteiger partial charge on any atom is -0.381 e. The fraction of sp³-hybridized carbons (Fsp3) is 0.750. The van der Waals surface area contributed by atoms with Gasteiger partial charge in [-0.1, -0.05) is 0 Å². The fourth-order valence-electron chi connectivity index (χ4n) is 2.30. The van der Waals surface area contributed by atoms with Gasteiger partial charge in [-0.2, -0.15) is 0 Å². The van der Waals surface area contributed by atoms with Crippen LogP contribution in [0.25, 0.3) is 0 Å². The molecule has 88 valence electrons. The summed E-state index contributed by atoms with van der Waals surface area (Å²) in [4.78, 5) is 4.23. The molecule has 1 aliphatic carbocycles. The van der Waals surface area contributed by atoms with Gasteiger partial charge in [0.1, 0.15) is 0 Å². The molecule has 4 nitrogen and oxygen atoms in total. The number of ether oxygens (including phenoxy) is 1. The third-order valence-electron chi connectivity index (χ3n) is 3.45. The van der Waals surface area contributed by atoms with Gasteiger partial charge in [-0.05, 0) is 25.2 Å². The molecule has 0 aromatic carbocycles. The van der Waals surface area contributed by atoms with Gasteiger partial charge in [-0.25, -0.2) is 4.98 Å². The number of nitrogens with one attached hydrogen (secondary N) is 1. The van der Waals surface area contributed by atoms with Crippen LogP contribution in [0.5, 0.6) is 0 Å². The highest BCUT2D eigenvalue weighted by Crippen LogP contribution is 2.35. The van der Waals surface area contributed by atoms with E-state index >= 15 is 0 Å². The number of hydrogen-bond donors (Lipinski definition) is 1. The molecule has 1 aromatic rings. The molecule has 0 bridgehead atoms. The molecule has 3 rings (SSSR count). The van der Waals surface area contributed by atoms with Crippen LogP contribution in [-0.2, 0) is 11.3 Å². The number of imidazole rings is 1. The normalized spacial score (nSPS) is 25.1. The Morgan fingerprint density at radius 3 is 3.12 bits per heavy atom. The Kier molecular flexibility index (Phi) is 2.93. The zero-order valence-electron chi connectivity index (χ0n) is 9.56. The highest BCUT2D eigenvalue weighted by molar-refractivity contribution is 5.03. The standard InChI is InChI=1S/C12H19N3O/c1-2-11(1)15-9-14-7-12(15)6-13-5-10-3-4-16-8-10/h7,9-11,13H,1-6,8H2. The van der Waals surface area contributed by atoms with Crippen molar-refractivity contribution < 1.29 is 4.74 Å². The predicted octanol–water partition coefficient (Wildman–Crippen LogP) is 1.34. The molecule has 0 radical (unpaired) electrons. The predicted molar refractivity (Wildman–Crippen MR) is 61.1 cm³/mol. The summed E-state index contributed by atoms with van der Waals surface area (Å²) >= 11 is 0. The molecule has 0 amide bonds. The van der Waals surface area contributed by atoms with Crippen LogP contribution in [0.4, 0.5) is 0 Å². The van der Waals surface area contributed by atoms with Crippen LogP contribution in [0.3, 0.4) is 0 Å². The van der Waals surface area contributed by atoms with E-state index in [-0.39, 0.29) is 0 Å². The second kappa shape index (κ2) is 4.55. The highest BCUT2D eigenvalue weighted by atomic mass is 16.5. The van der Waals surface area contributed by atoms with E-state index in [1.807, 2.05) is 12.5 Å². The summed E-state index contributed by atoms with van der Waals surface area (Å²) in [5.41, 5.74) is 1.32. The summed E-state index contributed by atoms with van der Waals surface area (Å²) < 4.78 is 7.68. The van der Waals surface area contributed by atoms with E-state index in [4.69, 9.17) is 4.74 Å². The van der Waals surface area contributed by atoms with E-state index in [1.54, 1.807) is 0 Å². The lowest BCUT2D eigenvalue weighted by Crippen LogP contribution is -2.23. The zero-order valence-corrected chi connectivity index (χ0v) is 9.56. The first kappa shape index (κ1) is 10.3. The summed E-state index contributed by atoms with van der Waals surface area (Å²) in [6.45, 7) is 3.87. The lowest BCUT2D eigenvalue weighted by atomic mass is 10.1. The van der Waals surface area contributed by atoms with E-state index in [0.29, 0.717) is 5.92 Å². The van der Waals surface area contributed by atoms with Crippen molar-refractivity contribution >= 4 is 0 Å². The Hall–Kier alpha value is -0.870. The quantitative estimate of drug-likeness (QED) is 0.815. The topological polar surface area (TPSA) is 39.1 Å². The van der Waals surface area contributed by atoms with Gasteiger partial charge in [0.2, 0.25) is 0 Å². The Labute approximate surface area is 96.0 Å². The van der Waals surface area contributed by atoms with Crippen LogP contribution in [0.2, 0.25) is 0 Å². The molecule has 4 heteroatoms. The maximum absolute atomic E-state index is 5.36. The number of rotatable bonds is 5. The first-order valence-corrected chi connectivity index (χ1v) is 6.22. The van der Waals surface area contributed by atoms with Crippen molar-refractivity contribution in [1.29, 1.82) is 0 Å². The van der Waals surface area contributed by atoms with Crippen molar-refractivity contribution in [3.05, 3.63) is 18.2 Å². The fourth-order valence-corrected chi connectivity index (χ4v) is 2.30. The molecule has 1 aromatic heterocycles. The highest BCUT2D eigenvalue weighted by Gasteiger charge is 2.25. The monoisotopic (exact) mass is 221 g/mol. The molecule has 1 aliphatic heterocycles. The lowest BCUT2D eigenvalue weighted by Gasteiger charge is -2.10. The van der Waals surface area contributed by atoms with Gasteiger partial charge in [-0.3, -0.25) is 0 Å². The first-order chi connectivity index (χ1) is 7.93. The molecule has 1 atom stereocenters. The molecule has 2 aliphatic rings. The molecule has 2 heterocycles. The number of hydrogen-bond acceptors (Lipinski definition) is 3. The summed E-state index contributed by atoms with van der Waals surface area (Å²) in [6.07, 6.45) is 7.79. The Morgan fingerprint density at radius 1 is 1.44 bits per heavy atom. The first-order valence-electron chi connectivity index (χ1n) is 6.22. The van der Waals surface area contributed by atoms with Gasteiger partial charge < -0.3 is 14.6 Å². The van der Waals surface area contributed by atoms with Gasteiger partial charge in [0, 0.05) is 31.9 Å². The largest absolute Gasteiger partial charge is 0.381 e. The summed E-state index contributed by atoms with van der Waals surface area (Å²) in [5, 5.41) is 3.51. The van der Waals surface area contributed by atoms with Crippen LogP contribution in [0.1, 0.15) is 31.0 Å². The van der Waals surface area contributed by atoms with Crippen molar-refractivity contribution in [2.45, 2.75) is 31.8 Å². The lowest BCUT2D eigenvalue weighted by molar-refractivity contribution is 0.185. The molecule has 1 unspecified atom stereocenters. The minimum atomic E-state index is 0.706. The maximum Gasteiger partial charge on any atom is 0.0951 e. The van der Waals surface area contributed by atoms with E-state index in [0.717, 1.165) is 32.3 Å². The van der Waals surface area contributed by atoms with E-state index in [2.05, 4.69) is 14.9 Å². The van der Waals surface area contributed by atoms with Crippen LogP contribution >= 0.6 is 0 Å². The van der Waals surface area contributed by atoms with E-state index < -0.39 is 0 Å². The average molecular weight is 221 g/mol. The zero-order chi connectivity index (χ0) is 10.8. The Morgan fingerprint density at radius 2 is 2.38 bits per heavy atom. The van der Waals surface area contributed by atoms with Gasteiger partial charge in [0.25, 0.3) is 0 Å². The SMILES string of the molecule is c1ncn(C2CC2)c1CNCC1CCOC1. The molecule has 0 spiro atoms. The molecule has 16 heavy (non-hydrogen) atoms. The van der Waals surface area contributed by atoms with Crippen LogP contribution in [0, 0.1) is 5.92 Å². The molecule has 1 saturated heterocycles. The summed E-state index contributed by atoms with van der Waals surface area (Å²) in [6, 6.07) is 0.731. The molecular formula is C12H19N3O. The van der Waals surface area contributed by atoms with Gasteiger partial charge in [-0.15, -0.1) is 0 Å². The van der Waals surface area contributed by atoms with Gasteiger partial charge >= 0.3 is 0 Å². The van der Waals surface area contributed by atoms with Crippen molar-refractivity contribution in [2.24, 2.45) is 5.92 Å². The smallest absolute Gasteiger partial charge is 0.0951 e. The maximum atomic E-state index is 5.36. The summed E-state index contributed by atoms with van der Waals surface area (Å²) in [7, 11) is 0. The third-order valence-corrected chi connectivity index (χ3v) is 3.45. The minimum absolute atomic E-state index is 0.706. The van der Waals surface area contributed by atoms with Crippen LogP contribution in [0.15, 0.2) is 12.5 Å². The molecule has 1 saturated carbocycles. The average Bonchev–Trinajstić information content (AvgIpc) is 2.82. The molecular weight excluding hydrogens is 202 g/mol. The van der Waals surface area contributed by atoms with Crippen molar-refractivity contribution in [3.63, 3.8) is 0 Å². The second-order valence-electron chi connectivity index (χ2n) is 4.88. The van der Waals surface area contributed by atoms with Gasteiger partial charge in [0.05, 0.1) is 18.6 Å². The number of nitrogens with zero attached hydrogens (tertiary/aromatic N) is 2. The van der Waals surface area contributed by atoms with E-state index in [9.17, 15) is 0 Å². The Balaban J connectivity index is 1.48. The van der Waals surface area contributed by atoms with Crippen molar-refractivity contribution in [3.8, 4) is 0 Å². The van der Waals surface area contributed by atoms with Crippen molar-refractivity contribution in [2.75, 3.05) is 19.8 Å². The number of aromatic nitrogens is 2. The Bertz CT molecular complexity index is 340. The molecule has 2 fully saturated rings. The van der Waals surface area contributed by atoms with Crippen molar-refractivity contribution in [1.82, 2.24) is 14.9 Å². The van der Waals surface area contributed by atoms with E-state index in [1.165, 1.54) is 25.0 Å². The van der Waals surface area contributed by atoms with Crippen LogP contribution in [-0.4, -0.2) is 29.3 Å².